The lowest BCUT2D eigenvalue weighted by Crippen LogP contribution is -2.39. The molecule has 1 fully saturated rings. The number of amides is 1. The summed E-state index contributed by atoms with van der Waals surface area (Å²) in [7, 11) is 1.55. The molecule has 0 radical (unpaired) electrons. The second kappa shape index (κ2) is 8.25. The van der Waals surface area contributed by atoms with E-state index in [1.54, 1.807) is 19.5 Å². The summed E-state index contributed by atoms with van der Waals surface area (Å²) < 4.78 is 11.2. The van der Waals surface area contributed by atoms with E-state index in [1.165, 1.54) is 0 Å². The lowest BCUT2D eigenvalue weighted by molar-refractivity contribution is 0.0888. The summed E-state index contributed by atoms with van der Waals surface area (Å²) in [5, 5.41) is 5.24. The Kier molecular flexibility index (Phi) is 5.37. The van der Waals surface area contributed by atoms with Crippen LogP contribution in [0.5, 0.6) is 11.8 Å². The Bertz CT molecular complexity index is 963. The van der Waals surface area contributed by atoms with E-state index in [2.05, 4.69) is 15.3 Å². The van der Waals surface area contributed by atoms with Gasteiger partial charge >= 0.3 is 0 Å². The van der Waals surface area contributed by atoms with Crippen molar-refractivity contribution in [3.63, 3.8) is 0 Å². The number of nitrogens with zero attached hydrogens (tertiary/aromatic N) is 2. The van der Waals surface area contributed by atoms with Crippen LogP contribution in [-0.4, -0.2) is 35.1 Å². The Hall–Kier alpha value is -3.15. The number of methoxy groups -OCH3 is 1. The van der Waals surface area contributed by atoms with E-state index >= 15 is 0 Å². The molecular weight excluding hydrogens is 354 g/mol. The summed E-state index contributed by atoms with van der Waals surface area (Å²) in [5.41, 5.74) is 0.723. The Labute approximate surface area is 163 Å². The molecule has 1 heterocycles. The highest BCUT2D eigenvalue weighted by Gasteiger charge is 2.25. The van der Waals surface area contributed by atoms with E-state index in [4.69, 9.17) is 9.47 Å². The Morgan fingerprint density at radius 1 is 0.964 bits per heavy atom. The Balaban J connectivity index is 1.36. The summed E-state index contributed by atoms with van der Waals surface area (Å²) in [6.07, 6.45) is 6.64. The second-order valence-electron chi connectivity index (χ2n) is 6.96. The molecule has 28 heavy (non-hydrogen) atoms. The molecule has 1 N–H and O–H groups in total. The predicted molar refractivity (Wildman–Crippen MR) is 107 cm³/mol. The van der Waals surface area contributed by atoms with Gasteiger partial charge in [0, 0.05) is 24.0 Å². The van der Waals surface area contributed by atoms with Gasteiger partial charge in [0.2, 0.25) is 0 Å². The largest absolute Gasteiger partial charge is 0.477 e. The molecule has 1 amide bonds. The zero-order chi connectivity index (χ0) is 19.3. The number of benzene rings is 2. The third-order valence-corrected chi connectivity index (χ3v) is 5.15. The van der Waals surface area contributed by atoms with Crippen molar-refractivity contribution in [3.05, 3.63) is 60.4 Å². The van der Waals surface area contributed by atoms with Crippen LogP contribution < -0.4 is 14.8 Å². The minimum atomic E-state index is -0.0169. The van der Waals surface area contributed by atoms with Crippen LogP contribution in [0.1, 0.15) is 36.0 Å². The number of carbonyl (C=O) groups is 1. The first kappa shape index (κ1) is 18.2. The van der Waals surface area contributed by atoms with Crippen molar-refractivity contribution in [2.75, 3.05) is 7.11 Å². The van der Waals surface area contributed by atoms with Crippen LogP contribution in [-0.2, 0) is 0 Å². The third kappa shape index (κ3) is 3.91. The maximum atomic E-state index is 12.8. The van der Waals surface area contributed by atoms with Crippen molar-refractivity contribution in [2.45, 2.75) is 37.8 Å². The fourth-order valence-electron chi connectivity index (χ4n) is 3.70. The Morgan fingerprint density at radius 3 is 2.46 bits per heavy atom. The molecule has 1 aromatic heterocycles. The summed E-state index contributed by atoms with van der Waals surface area (Å²) in [5.74, 6) is 0.805. The molecule has 0 spiro atoms. The Morgan fingerprint density at radius 2 is 1.68 bits per heavy atom. The third-order valence-electron chi connectivity index (χ3n) is 5.15. The van der Waals surface area contributed by atoms with Gasteiger partial charge in [-0.1, -0.05) is 36.4 Å². The lowest BCUT2D eigenvalue weighted by Gasteiger charge is -2.29. The van der Waals surface area contributed by atoms with Crippen LogP contribution in [0.3, 0.4) is 0 Å². The summed E-state index contributed by atoms with van der Waals surface area (Å²) in [6.45, 7) is 0. The van der Waals surface area contributed by atoms with Gasteiger partial charge in [0.25, 0.3) is 17.7 Å². The first-order chi connectivity index (χ1) is 13.7. The standard InChI is InChI=1S/C22H23N3O3/c1-27-21-22(24-14-13-23-21)28-17-11-9-16(10-12-17)25-20(26)19-8-4-6-15-5-2-3-7-18(15)19/h2-8,13-14,16-17H,9-12H2,1H3,(H,25,26). The molecule has 0 atom stereocenters. The van der Waals surface area contributed by atoms with Crippen molar-refractivity contribution < 1.29 is 14.3 Å². The van der Waals surface area contributed by atoms with Gasteiger partial charge in [0.1, 0.15) is 6.10 Å². The molecular formula is C22H23N3O3. The SMILES string of the molecule is COc1nccnc1OC1CCC(NC(=O)c2cccc3ccccc23)CC1. The zero-order valence-corrected chi connectivity index (χ0v) is 15.8. The molecule has 6 heteroatoms. The molecule has 1 aliphatic carbocycles. The highest BCUT2D eigenvalue weighted by Crippen LogP contribution is 2.27. The number of fused-ring (bicyclic) bond motifs is 1. The van der Waals surface area contributed by atoms with Gasteiger partial charge in [0.15, 0.2) is 0 Å². The van der Waals surface area contributed by atoms with Crippen LogP contribution in [0.15, 0.2) is 54.9 Å². The van der Waals surface area contributed by atoms with Gasteiger partial charge in [-0.2, -0.15) is 0 Å². The number of nitrogens with one attached hydrogen (secondary N) is 1. The van der Waals surface area contributed by atoms with Crippen molar-refractivity contribution in [1.82, 2.24) is 15.3 Å². The van der Waals surface area contributed by atoms with Gasteiger partial charge in [-0.25, -0.2) is 9.97 Å². The normalized spacial score (nSPS) is 19.2. The van der Waals surface area contributed by atoms with Crippen LogP contribution >= 0.6 is 0 Å². The molecule has 144 valence electrons. The predicted octanol–water partition coefficient (Wildman–Crippen LogP) is 3.76. The zero-order valence-electron chi connectivity index (χ0n) is 15.8. The average Bonchev–Trinajstić information content (AvgIpc) is 2.75. The van der Waals surface area contributed by atoms with E-state index in [1.807, 2.05) is 42.5 Å². The molecule has 6 nitrogen and oxygen atoms in total. The number of carbonyl (C=O) groups excluding carboxylic acids is 1. The molecule has 1 saturated carbocycles. The summed E-state index contributed by atoms with van der Waals surface area (Å²) in [4.78, 5) is 21.1. The van der Waals surface area contributed by atoms with E-state index in [0.717, 1.165) is 42.0 Å². The number of rotatable bonds is 5. The van der Waals surface area contributed by atoms with E-state index in [-0.39, 0.29) is 18.1 Å². The molecule has 1 aliphatic rings. The quantitative estimate of drug-likeness (QED) is 0.733. The van der Waals surface area contributed by atoms with Crippen molar-refractivity contribution in [2.24, 2.45) is 0 Å². The van der Waals surface area contributed by atoms with Gasteiger partial charge in [0.05, 0.1) is 7.11 Å². The minimum Gasteiger partial charge on any atom is -0.477 e. The van der Waals surface area contributed by atoms with Crippen molar-refractivity contribution >= 4 is 16.7 Å². The van der Waals surface area contributed by atoms with E-state index in [0.29, 0.717) is 11.8 Å². The molecule has 0 aliphatic heterocycles. The maximum absolute atomic E-state index is 12.8. The van der Waals surface area contributed by atoms with Crippen LogP contribution in [0.25, 0.3) is 10.8 Å². The van der Waals surface area contributed by atoms with Crippen LogP contribution in [0, 0.1) is 0 Å². The van der Waals surface area contributed by atoms with Gasteiger partial charge in [-0.3, -0.25) is 4.79 Å². The van der Waals surface area contributed by atoms with E-state index in [9.17, 15) is 4.79 Å². The molecule has 0 bridgehead atoms. The molecule has 0 unspecified atom stereocenters. The number of hydrogen-bond acceptors (Lipinski definition) is 5. The summed E-state index contributed by atoms with van der Waals surface area (Å²) >= 11 is 0. The fourth-order valence-corrected chi connectivity index (χ4v) is 3.70. The molecule has 4 rings (SSSR count). The topological polar surface area (TPSA) is 73.3 Å². The monoisotopic (exact) mass is 377 g/mol. The minimum absolute atomic E-state index is 0.0169. The van der Waals surface area contributed by atoms with Gasteiger partial charge < -0.3 is 14.8 Å². The molecule has 2 aromatic carbocycles. The highest BCUT2D eigenvalue weighted by atomic mass is 16.5. The van der Waals surface area contributed by atoms with Crippen LogP contribution in [0.4, 0.5) is 0 Å². The van der Waals surface area contributed by atoms with Crippen LogP contribution in [0.2, 0.25) is 0 Å². The number of ether oxygens (including phenoxy) is 2. The number of aromatic nitrogens is 2. The van der Waals surface area contributed by atoms with Crippen molar-refractivity contribution in [1.29, 1.82) is 0 Å². The summed E-state index contributed by atoms with van der Waals surface area (Å²) in [6, 6.07) is 13.9. The second-order valence-corrected chi connectivity index (χ2v) is 6.96. The van der Waals surface area contributed by atoms with Gasteiger partial charge in [-0.05, 0) is 42.5 Å². The average molecular weight is 377 g/mol. The first-order valence-corrected chi connectivity index (χ1v) is 9.55. The smallest absolute Gasteiger partial charge is 0.278 e. The van der Waals surface area contributed by atoms with Gasteiger partial charge in [-0.15, -0.1) is 0 Å². The molecule has 0 saturated heterocycles. The molecule has 3 aromatic rings. The first-order valence-electron chi connectivity index (χ1n) is 9.55. The lowest BCUT2D eigenvalue weighted by atomic mass is 9.92. The van der Waals surface area contributed by atoms with Crippen molar-refractivity contribution in [3.8, 4) is 11.8 Å². The number of hydrogen-bond donors (Lipinski definition) is 1. The highest BCUT2D eigenvalue weighted by molar-refractivity contribution is 6.07. The van der Waals surface area contributed by atoms with E-state index < -0.39 is 0 Å². The maximum Gasteiger partial charge on any atom is 0.278 e. The fraction of sp³-hybridized carbons (Fsp3) is 0.318.